The van der Waals surface area contributed by atoms with E-state index in [1.165, 1.54) is 0 Å². The Kier molecular flexibility index (Phi) is 3.97. The normalized spacial score (nSPS) is 13.0. The first-order chi connectivity index (χ1) is 9.80. The second-order valence-corrected chi connectivity index (χ2v) is 5.88. The first-order valence-electron chi connectivity index (χ1n) is 6.77. The highest BCUT2D eigenvalue weighted by molar-refractivity contribution is 5.91. The van der Waals surface area contributed by atoms with Gasteiger partial charge in [-0.25, -0.2) is 0 Å². The van der Waals surface area contributed by atoms with Gasteiger partial charge in [-0.3, -0.25) is 9.89 Å². The summed E-state index contributed by atoms with van der Waals surface area (Å²) in [7, 11) is 1.73. The molecule has 0 radical (unpaired) electrons. The van der Waals surface area contributed by atoms with Crippen LogP contribution in [0.25, 0.3) is 11.0 Å². The molecule has 0 spiro atoms. The number of hydrogen-bond acceptors (Lipinski definition) is 6. The fraction of sp³-hybridized carbons (Fsp3) is 0.538. The Morgan fingerprint density at radius 2 is 2.05 bits per heavy atom. The number of amides is 1. The van der Waals surface area contributed by atoms with E-state index in [0.717, 1.165) is 5.39 Å². The molecule has 4 N–H and O–H groups in total. The second kappa shape index (κ2) is 5.55. The van der Waals surface area contributed by atoms with Crippen molar-refractivity contribution in [1.82, 2.24) is 25.5 Å². The molecule has 0 fully saturated rings. The second-order valence-electron chi connectivity index (χ2n) is 5.88. The Bertz CT molecular complexity index is 643. The molecule has 2 heterocycles. The lowest BCUT2D eigenvalue weighted by Gasteiger charge is -2.24. The van der Waals surface area contributed by atoms with Gasteiger partial charge in [-0.15, -0.1) is 0 Å². The molecule has 2 rings (SSSR count). The maximum atomic E-state index is 12.1. The zero-order chi connectivity index (χ0) is 15.6. The van der Waals surface area contributed by atoms with Gasteiger partial charge in [0.25, 0.3) is 0 Å². The van der Waals surface area contributed by atoms with Crippen molar-refractivity contribution >= 4 is 28.7 Å². The minimum absolute atomic E-state index is 0.0937. The van der Waals surface area contributed by atoms with Gasteiger partial charge < -0.3 is 16.0 Å². The molecule has 0 saturated carbocycles. The van der Waals surface area contributed by atoms with Gasteiger partial charge in [0.2, 0.25) is 11.9 Å². The molecule has 0 aromatic carbocycles. The Hall–Kier alpha value is -2.38. The number of anilines is 2. The van der Waals surface area contributed by atoms with Gasteiger partial charge in [-0.1, -0.05) is 0 Å². The van der Waals surface area contributed by atoms with Crippen LogP contribution in [0.15, 0.2) is 6.20 Å². The minimum atomic E-state index is -0.429. The van der Waals surface area contributed by atoms with Crippen molar-refractivity contribution in [2.45, 2.75) is 39.3 Å². The highest BCUT2D eigenvalue weighted by atomic mass is 16.2. The predicted molar refractivity (Wildman–Crippen MR) is 82.2 cm³/mol. The quantitative estimate of drug-likeness (QED) is 0.672. The van der Waals surface area contributed by atoms with Crippen molar-refractivity contribution in [1.29, 1.82) is 0 Å². The van der Waals surface area contributed by atoms with Crippen LogP contribution in [0.2, 0.25) is 0 Å². The van der Waals surface area contributed by atoms with E-state index in [2.05, 4.69) is 36.1 Å². The lowest BCUT2D eigenvalue weighted by atomic mass is 10.1. The number of carbonyl (C=O) groups is 1. The third-order valence-electron chi connectivity index (χ3n) is 2.78. The van der Waals surface area contributed by atoms with Gasteiger partial charge >= 0.3 is 0 Å². The number of aromatic nitrogens is 4. The Morgan fingerprint density at radius 3 is 2.67 bits per heavy atom. The van der Waals surface area contributed by atoms with Crippen LogP contribution < -0.4 is 16.0 Å². The summed E-state index contributed by atoms with van der Waals surface area (Å²) in [5, 5.41) is 16.4. The Balaban J connectivity index is 2.22. The molecule has 21 heavy (non-hydrogen) atoms. The van der Waals surface area contributed by atoms with Gasteiger partial charge in [0.15, 0.2) is 5.65 Å². The molecule has 8 heteroatoms. The molecule has 114 valence electrons. The molecule has 0 bridgehead atoms. The van der Waals surface area contributed by atoms with Crippen LogP contribution in [0.5, 0.6) is 0 Å². The molecule has 0 aliphatic heterocycles. The fourth-order valence-corrected chi connectivity index (χ4v) is 1.81. The molecular weight excluding hydrogens is 270 g/mol. The van der Waals surface area contributed by atoms with Crippen molar-refractivity contribution in [2.75, 3.05) is 17.7 Å². The number of nitrogens with zero attached hydrogens (tertiary/aromatic N) is 3. The maximum Gasteiger partial charge on any atom is 0.242 e. The number of aromatic amines is 1. The van der Waals surface area contributed by atoms with Gasteiger partial charge in [-0.2, -0.15) is 15.1 Å². The number of fused-ring (bicyclic) bond motifs is 1. The summed E-state index contributed by atoms with van der Waals surface area (Å²) in [6, 6.07) is -0.429. The van der Waals surface area contributed by atoms with Crippen LogP contribution >= 0.6 is 0 Å². The van der Waals surface area contributed by atoms with E-state index < -0.39 is 6.04 Å². The third kappa shape index (κ3) is 3.59. The van der Waals surface area contributed by atoms with Crippen LogP contribution in [0.1, 0.15) is 27.7 Å². The van der Waals surface area contributed by atoms with Crippen LogP contribution in [0.4, 0.5) is 11.8 Å². The molecule has 2 aromatic rings. The standard InChI is InChI=1S/C13H21N7O/c1-7(11(21)19-13(2,3)4)16-9-8-6-15-20-10(8)18-12(14-5)17-9/h6-7H,1-5H3,(H,19,21)(H3,14,15,16,17,18,20). The topological polar surface area (TPSA) is 108 Å². The Morgan fingerprint density at radius 1 is 1.33 bits per heavy atom. The summed E-state index contributed by atoms with van der Waals surface area (Å²) in [4.78, 5) is 20.7. The lowest BCUT2D eigenvalue weighted by Crippen LogP contribution is -2.47. The minimum Gasteiger partial charge on any atom is -0.358 e. The molecule has 0 aliphatic rings. The molecular formula is C13H21N7O. The van der Waals surface area contributed by atoms with E-state index in [-0.39, 0.29) is 11.4 Å². The zero-order valence-electron chi connectivity index (χ0n) is 12.9. The molecule has 0 saturated heterocycles. The summed E-state index contributed by atoms with van der Waals surface area (Å²) in [5.41, 5.74) is 0.333. The summed E-state index contributed by atoms with van der Waals surface area (Å²) >= 11 is 0. The monoisotopic (exact) mass is 291 g/mol. The van der Waals surface area contributed by atoms with Crippen molar-refractivity contribution < 1.29 is 4.79 Å². The van der Waals surface area contributed by atoms with Crippen molar-refractivity contribution in [3.63, 3.8) is 0 Å². The summed E-state index contributed by atoms with van der Waals surface area (Å²) in [5.74, 6) is 0.927. The molecule has 8 nitrogen and oxygen atoms in total. The van der Waals surface area contributed by atoms with E-state index >= 15 is 0 Å². The molecule has 1 atom stereocenters. The van der Waals surface area contributed by atoms with Crippen molar-refractivity contribution in [2.24, 2.45) is 0 Å². The van der Waals surface area contributed by atoms with E-state index in [1.54, 1.807) is 20.2 Å². The summed E-state index contributed by atoms with van der Waals surface area (Å²) < 4.78 is 0. The van der Waals surface area contributed by atoms with E-state index in [9.17, 15) is 4.79 Å². The molecule has 0 aliphatic carbocycles. The molecule has 1 unspecified atom stereocenters. The lowest BCUT2D eigenvalue weighted by molar-refractivity contribution is -0.122. The third-order valence-corrected chi connectivity index (χ3v) is 2.78. The van der Waals surface area contributed by atoms with Gasteiger partial charge in [0, 0.05) is 12.6 Å². The summed E-state index contributed by atoms with van der Waals surface area (Å²) in [6.07, 6.45) is 1.63. The average molecular weight is 291 g/mol. The van der Waals surface area contributed by atoms with Crippen LogP contribution in [0, 0.1) is 0 Å². The van der Waals surface area contributed by atoms with E-state index in [1.807, 2.05) is 20.8 Å². The van der Waals surface area contributed by atoms with Gasteiger partial charge in [0.1, 0.15) is 11.9 Å². The average Bonchev–Trinajstić information content (AvgIpc) is 2.84. The van der Waals surface area contributed by atoms with Crippen molar-refractivity contribution in [3.8, 4) is 0 Å². The number of H-pyrrole nitrogens is 1. The van der Waals surface area contributed by atoms with Gasteiger partial charge in [-0.05, 0) is 27.7 Å². The first-order valence-corrected chi connectivity index (χ1v) is 6.77. The number of carbonyl (C=O) groups excluding carboxylic acids is 1. The first kappa shape index (κ1) is 15.0. The van der Waals surface area contributed by atoms with Gasteiger partial charge in [0.05, 0.1) is 11.6 Å². The number of nitrogens with one attached hydrogen (secondary N) is 4. The molecule has 1 amide bonds. The highest BCUT2D eigenvalue weighted by Crippen LogP contribution is 2.20. The maximum absolute atomic E-state index is 12.1. The number of hydrogen-bond donors (Lipinski definition) is 4. The van der Waals surface area contributed by atoms with Crippen LogP contribution in [0.3, 0.4) is 0 Å². The summed E-state index contributed by atoms with van der Waals surface area (Å²) in [6.45, 7) is 7.61. The number of rotatable bonds is 4. The van der Waals surface area contributed by atoms with Crippen LogP contribution in [-0.2, 0) is 4.79 Å². The van der Waals surface area contributed by atoms with Crippen LogP contribution in [-0.4, -0.2) is 44.7 Å². The smallest absolute Gasteiger partial charge is 0.242 e. The predicted octanol–water partition coefficient (Wildman–Crippen LogP) is 1.11. The van der Waals surface area contributed by atoms with E-state index in [0.29, 0.717) is 17.4 Å². The largest absolute Gasteiger partial charge is 0.358 e. The van der Waals surface area contributed by atoms with E-state index in [4.69, 9.17) is 0 Å². The van der Waals surface area contributed by atoms with Crippen molar-refractivity contribution in [3.05, 3.63) is 6.20 Å². The SMILES string of the molecule is CNc1nc(NC(C)C(=O)NC(C)(C)C)c2cn[nH]c2n1. The molecule has 2 aromatic heterocycles. The highest BCUT2D eigenvalue weighted by Gasteiger charge is 2.20. The Labute approximate surface area is 123 Å². The fourth-order valence-electron chi connectivity index (χ4n) is 1.81. The zero-order valence-corrected chi connectivity index (χ0v) is 12.9.